The van der Waals surface area contributed by atoms with Crippen molar-refractivity contribution in [2.75, 3.05) is 18.5 Å². The van der Waals surface area contributed by atoms with E-state index in [1.54, 1.807) is 6.07 Å². The van der Waals surface area contributed by atoms with Crippen LogP contribution in [-0.4, -0.2) is 34.5 Å². The van der Waals surface area contributed by atoms with Gasteiger partial charge in [-0.2, -0.15) is 0 Å². The summed E-state index contributed by atoms with van der Waals surface area (Å²) < 4.78 is 0. The van der Waals surface area contributed by atoms with E-state index in [1.165, 1.54) is 18.6 Å². The number of nitrogens with one attached hydrogen (secondary N) is 1. The Morgan fingerprint density at radius 2 is 2.33 bits per heavy atom. The van der Waals surface area contributed by atoms with Gasteiger partial charge in [-0.1, -0.05) is 6.42 Å². The number of imidazole rings is 1. The lowest BCUT2D eigenvalue weighted by atomic mass is 10.0. The summed E-state index contributed by atoms with van der Waals surface area (Å²) in [6.07, 6.45) is 3.44. The Labute approximate surface area is 122 Å². The lowest BCUT2D eigenvalue weighted by Crippen LogP contribution is -2.38. The van der Waals surface area contributed by atoms with Crippen LogP contribution in [0.4, 0.5) is 11.6 Å². The molecule has 2 unspecified atom stereocenters. The highest BCUT2D eigenvalue weighted by Gasteiger charge is 2.30. The number of hydrogen-bond acceptors (Lipinski definition) is 5. The third kappa shape index (κ3) is 2.44. The Morgan fingerprint density at radius 1 is 1.52 bits per heavy atom. The zero-order valence-electron chi connectivity index (χ0n) is 12.0. The SMILES string of the molecule is CN(c1nc2ccc([N+](=O)[O-])cc2[nH]1)C1CCCC1CN. The zero-order valence-corrected chi connectivity index (χ0v) is 12.0. The van der Waals surface area contributed by atoms with Crippen molar-refractivity contribution < 1.29 is 4.92 Å². The minimum absolute atomic E-state index is 0.0704. The molecule has 1 heterocycles. The van der Waals surface area contributed by atoms with Gasteiger partial charge in [0.05, 0.1) is 16.0 Å². The van der Waals surface area contributed by atoms with Gasteiger partial charge in [0.2, 0.25) is 5.95 Å². The first-order valence-electron chi connectivity index (χ1n) is 7.17. The Kier molecular flexibility index (Phi) is 3.50. The third-order valence-electron chi connectivity index (χ3n) is 4.42. The molecule has 3 N–H and O–H groups in total. The van der Waals surface area contributed by atoms with E-state index >= 15 is 0 Å². The summed E-state index contributed by atoms with van der Waals surface area (Å²) in [5.74, 6) is 1.23. The molecule has 0 radical (unpaired) electrons. The van der Waals surface area contributed by atoms with E-state index in [2.05, 4.69) is 14.9 Å². The van der Waals surface area contributed by atoms with Gasteiger partial charge in [0.25, 0.3) is 5.69 Å². The number of non-ortho nitro benzene ring substituents is 1. The highest BCUT2D eigenvalue weighted by Crippen LogP contribution is 2.31. The van der Waals surface area contributed by atoms with E-state index in [4.69, 9.17) is 5.73 Å². The molecule has 2 aromatic rings. The molecular weight excluding hydrogens is 270 g/mol. The molecule has 1 aliphatic rings. The van der Waals surface area contributed by atoms with Crippen molar-refractivity contribution in [3.63, 3.8) is 0 Å². The minimum Gasteiger partial charge on any atom is -0.342 e. The number of hydrogen-bond donors (Lipinski definition) is 2. The molecule has 7 heteroatoms. The van der Waals surface area contributed by atoms with Crippen molar-refractivity contribution in [3.8, 4) is 0 Å². The molecule has 1 aromatic heterocycles. The Hall–Kier alpha value is -2.15. The highest BCUT2D eigenvalue weighted by molar-refractivity contribution is 5.80. The average Bonchev–Trinajstić information content (AvgIpc) is 3.11. The molecule has 0 spiro atoms. The van der Waals surface area contributed by atoms with E-state index in [0.29, 0.717) is 24.0 Å². The number of nitrogens with zero attached hydrogens (tertiary/aromatic N) is 3. The Balaban J connectivity index is 1.91. The van der Waals surface area contributed by atoms with Gasteiger partial charge in [0.15, 0.2) is 0 Å². The molecule has 21 heavy (non-hydrogen) atoms. The Morgan fingerprint density at radius 3 is 3.05 bits per heavy atom. The maximum atomic E-state index is 10.8. The van der Waals surface area contributed by atoms with Gasteiger partial charge < -0.3 is 15.6 Å². The third-order valence-corrected chi connectivity index (χ3v) is 4.42. The van der Waals surface area contributed by atoms with E-state index < -0.39 is 4.92 Å². The second-order valence-corrected chi connectivity index (χ2v) is 5.62. The molecule has 1 fully saturated rings. The van der Waals surface area contributed by atoms with Crippen molar-refractivity contribution in [1.29, 1.82) is 0 Å². The van der Waals surface area contributed by atoms with Crippen LogP contribution in [0, 0.1) is 16.0 Å². The molecule has 1 aliphatic carbocycles. The van der Waals surface area contributed by atoms with Crippen molar-refractivity contribution in [2.24, 2.45) is 11.7 Å². The van der Waals surface area contributed by atoms with Crippen molar-refractivity contribution in [2.45, 2.75) is 25.3 Å². The van der Waals surface area contributed by atoms with Crippen molar-refractivity contribution >= 4 is 22.7 Å². The number of nitro benzene ring substituents is 1. The first-order valence-corrected chi connectivity index (χ1v) is 7.17. The van der Waals surface area contributed by atoms with E-state index in [0.717, 1.165) is 24.3 Å². The van der Waals surface area contributed by atoms with Crippen molar-refractivity contribution in [3.05, 3.63) is 28.3 Å². The first-order chi connectivity index (χ1) is 10.1. The number of nitro groups is 1. The zero-order chi connectivity index (χ0) is 15.0. The van der Waals surface area contributed by atoms with Crippen LogP contribution in [0.25, 0.3) is 11.0 Å². The van der Waals surface area contributed by atoms with E-state index in [1.807, 2.05) is 7.05 Å². The second-order valence-electron chi connectivity index (χ2n) is 5.62. The largest absolute Gasteiger partial charge is 0.342 e. The predicted molar refractivity (Wildman–Crippen MR) is 81.3 cm³/mol. The average molecular weight is 289 g/mol. The van der Waals surface area contributed by atoms with Gasteiger partial charge in [-0.05, 0) is 31.4 Å². The van der Waals surface area contributed by atoms with Gasteiger partial charge in [-0.3, -0.25) is 10.1 Å². The van der Waals surface area contributed by atoms with Crippen LogP contribution in [0.1, 0.15) is 19.3 Å². The quantitative estimate of drug-likeness (QED) is 0.662. The van der Waals surface area contributed by atoms with Crippen LogP contribution >= 0.6 is 0 Å². The van der Waals surface area contributed by atoms with E-state index in [-0.39, 0.29) is 5.69 Å². The molecule has 1 aromatic carbocycles. The molecule has 3 rings (SSSR count). The predicted octanol–water partition coefficient (Wildman–Crippen LogP) is 2.03. The highest BCUT2D eigenvalue weighted by atomic mass is 16.6. The fourth-order valence-corrected chi connectivity index (χ4v) is 3.22. The standard InChI is InChI=1S/C14H19N5O2/c1-18(13-4-2-3-9(13)8-15)14-16-11-6-5-10(19(20)21)7-12(11)17-14/h5-7,9,13H,2-4,8,15H2,1H3,(H,16,17). The normalized spacial score (nSPS) is 21.8. The monoisotopic (exact) mass is 289 g/mol. The van der Waals surface area contributed by atoms with Crippen LogP contribution in [0.5, 0.6) is 0 Å². The number of aromatic nitrogens is 2. The summed E-state index contributed by atoms with van der Waals surface area (Å²) in [6.45, 7) is 0.681. The van der Waals surface area contributed by atoms with Crippen LogP contribution in [0.2, 0.25) is 0 Å². The molecule has 2 atom stereocenters. The number of H-pyrrole nitrogens is 1. The Bertz CT molecular complexity index is 668. The summed E-state index contributed by atoms with van der Waals surface area (Å²) in [4.78, 5) is 20.3. The summed E-state index contributed by atoms with van der Waals surface area (Å²) in [6, 6.07) is 5.06. The number of aromatic amines is 1. The van der Waals surface area contributed by atoms with E-state index in [9.17, 15) is 10.1 Å². The summed E-state index contributed by atoms with van der Waals surface area (Å²) >= 11 is 0. The van der Waals surface area contributed by atoms with Crippen molar-refractivity contribution in [1.82, 2.24) is 9.97 Å². The second kappa shape index (κ2) is 5.33. The molecular formula is C14H19N5O2. The maximum Gasteiger partial charge on any atom is 0.271 e. The topological polar surface area (TPSA) is 101 Å². The number of fused-ring (bicyclic) bond motifs is 1. The van der Waals surface area contributed by atoms with Crippen LogP contribution in [0.3, 0.4) is 0 Å². The number of nitrogens with two attached hydrogens (primary N) is 1. The summed E-state index contributed by atoms with van der Waals surface area (Å²) in [7, 11) is 2.00. The van der Waals surface area contributed by atoms with Crippen LogP contribution < -0.4 is 10.6 Å². The molecule has 1 saturated carbocycles. The van der Waals surface area contributed by atoms with Crippen LogP contribution in [0.15, 0.2) is 18.2 Å². The molecule has 7 nitrogen and oxygen atoms in total. The molecule has 0 saturated heterocycles. The van der Waals surface area contributed by atoms with Gasteiger partial charge >= 0.3 is 0 Å². The molecule has 0 aliphatic heterocycles. The summed E-state index contributed by atoms with van der Waals surface area (Å²) in [5.41, 5.74) is 7.34. The fourth-order valence-electron chi connectivity index (χ4n) is 3.22. The number of anilines is 1. The maximum absolute atomic E-state index is 10.8. The molecule has 112 valence electrons. The van der Waals surface area contributed by atoms with Crippen LogP contribution in [-0.2, 0) is 0 Å². The smallest absolute Gasteiger partial charge is 0.271 e. The molecule has 0 amide bonds. The number of rotatable bonds is 4. The molecule has 0 bridgehead atoms. The van der Waals surface area contributed by atoms with Gasteiger partial charge in [0.1, 0.15) is 0 Å². The fraction of sp³-hybridized carbons (Fsp3) is 0.500. The first kappa shape index (κ1) is 13.8. The lowest BCUT2D eigenvalue weighted by Gasteiger charge is -2.28. The van der Waals surface area contributed by atoms with Gasteiger partial charge in [-0.15, -0.1) is 0 Å². The van der Waals surface area contributed by atoms with Gasteiger partial charge in [0, 0.05) is 25.2 Å². The number of benzene rings is 1. The van der Waals surface area contributed by atoms with Gasteiger partial charge in [-0.25, -0.2) is 4.98 Å². The summed E-state index contributed by atoms with van der Waals surface area (Å²) in [5, 5.41) is 10.8. The lowest BCUT2D eigenvalue weighted by molar-refractivity contribution is -0.384. The minimum atomic E-state index is -0.398.